The van der Waals surface area contributed by atoms with Crippen molar-refractivity contribution in [3.63, 3.8) is 0 Å². The van der Waals surface area contributed by atoms with Crippen LogP contribution in [0.2, 0.25) is 0 Å². The molecule has 0 spiro atoms. The molecule has 1 saturated heterocycles. The van der Waals surface area contributed by atoms with Gasteiger partial charge in [0.25, 0.3) is 0 Å². The molecule has 2 aliphatic heterocycles. The average Bonchev–Trinajstić information content (AvgIpc) is 3.14. The van der Waals surface area contributed by atoms with Gasteiger partial charge in [-0.2, -0.15) is 0 Å². The summed E-state index contributed by atoms with van der Waals surface area (Å²) in [6.45, 7) is 6.17. The van der Waals surface area contributed by atoms with Crippen molar-refractivity contribution < 1.29 is 18.6 Å². The van der Waals surface area contributed by atoms with Crippen LogP contribution in [0.5, 0.6) is 17.2 Å². The van der Waals surface area contributed by atoms with Gasteiger partial charge in [0.2, 0.25) is 6.79 Å². The number of halogens is 1. The molecule has 1 fully saturated rings. The topological polar surface area (TPSA) is 30.9 Å². The Hall–Kier alpha value is -2.27. The number of piperidine rings is 1. The molecule has 2 atom stereocenters. The van der Waals surface area contributed by atoms with Gasteiger partial charge >= 0.3 is 0 Å². The van der Waals surface area contributed by atoms with Gasteiger partial charge < -0.3 is 19.1 Å². The van der Waals surface area contributed by atoms with Crippen LogP contribution in [0.3, 0.4) is 0 Å². The Bertz CT molecular complexity index is 749. The molecule has 0 amide bonds. The number of hydrogen-bond acceptors (Lipinski definition) is 4. The normalized spacial score (nSPS) is 22.4. The third-order valence-corrected chi connectivity index (χ3v) is 5.37. The van der Waals surface area contributed by atoms with E-state index in [0.29, 0.717) is 18.4 Å². The summed E-state index contributed by atoms with van der Waals surface area (Å²) in [5.74, 6) is 2.84. The Morgan fingerprint density at radius 2 is 1.92 bits per heavy atom. The lowest BCUT2D eigenvalue weighted by Gasteiger charge is -2.38. The van der Waals surface area contributed by atoms with E-state index < -0.39 is 0 Å². The maximum Gasteiger partial charge on any atom is 0.231 e. The summed E-state index contributed by atoms with van der Waals surface area (Å²) in [5, 5.41) is 0. The third-order valence-electron chi connectivity index (χ3n) is 5.37. The summed E-state index contributed by atoms with van der Waals surface area (Å²) < 4.78 is 30.2. The Labute approximate surface area is 153 Å². The van der Waals surface area contributed by atoms with Crippen molar-refractivity contribution in [2.45, 2.75) is 19.3 Å². The summed E-state index contributed by atoms with van der Waals surface area (Å²) >= 11 is 0. The van der Waals surface area contributed by atoms with Crippen LogP contribution in [-0.2, 0) is 0 Å². The van der Waals surface area contributed by atoms with E-state index in [-0.39, 0.29) is 12.6 Å². The SMILES string of the molecule is CCN1CC[C@@H](c2ccc(F)cc2)[C@H](COc2ccc3c(c2)OCO3)C1. The largest absolute Gasteiger partial charge is 0.493 e. The molecule has 4 rings (SSSR count). The highest BCUT2D eigenvalue weighted by Crippen LogP contribution is 2.37. The molecule has 0 aromatic heterocycles. The molecule has 2 aromatic carbocycles. The zero-order chi connectivity index (χ0) is 17.9. The Morgan fingerprint density at radius 3 is 2.73 bits per heavy atom. The summed E-state index contributed by atoms with van der Waals surface area (Å²) in [4.78, 5) is 2.45. The van der Waals surface area contributed by atoms with Crippen LogP contribution < -0.4 is 14.2 Å². The number of likely N-dealkylation sites (tertiary alicyclic amines) is 1. The zero-order valence-corrected chi connectivity index (χ0v) is 15.0. The highest BCUT2D eigenvalue weighted by Gasteiger charge is 2.30. The Morgan fingerprint density at radius 1 is 1.12 bits per heavy atom. The first-order chi connectivity index (χ1) is 12.7. The minimum Gasteiger partial charge on any atom is -0.493 e. The molecule has 26 heavy (non-hydrogen) atoms. The Kier molecular flexibility index (Phi) is 4.98. The smallest absolute Gasteiger partial charge is 0.231 e. The lowest BCUT2D eigenvalue weighted by molar-refractivity contribution is 0.115. The molecule has 0 aliphatic carbocycles. The number of fused-ring (bicyclic) bond motifs is 1. The first-order valence-corrected chi connectivity index (χ1v) is 9.23. The van der Waals surface area contributed by atoms with E-state index in [9.17, 15) is 4.39 Å². The average molecular weight is 357 g/mol. The van der Waals surface area contributed by atoms with Gasteiger partial charge in [-0.05, 0) is 55.3 Å². The van der Waals surface area contributed by atoms with E-state index >= 15 is 0 Å². The van der Waals surface area contributed by atoms with Gasteiger partial charge in [0, 0.05) is 18.5 Å². The van der Waals surface area contributed by atoms with Crippen LogP contribution in [0.1, 0.15) is 24.8 Å². The minimum absolute atomic E-state index is 0.187. The van der Waals surface area contributed by atoms with E-state index in [4.69, 9.17) is 14.2 Å². The third kappa shape index (κ3) is 3.63. The van der Waals surface area contributed by atoms with Crippen molar-refractivity contribution >= 4 is 0 Å². The summed E-state index contributed by atoms with van der Waals surface area (Å²) in [5.41, 5.74) is 1.20. The van der Waals surface area contributed by atoms with Crippen molar-refractivity contribution in [1.82, 2.24) is 4.90 Å². The van der Waals surface area contributed by atoms with E-state index in [1.54, 1.807) is 12.1 Å². The first kappa shape index (κ1) is 17.2. The summed E-state index contributed by atoms with van der Waals surface area (Å²) in [6.07, 6.45) is 1.06. The van der Waals surface area contributed by atoms with Gasteiger partial charge in [0.15, 0.2) is 11.5 Å². The van der Waals surface area contributed by atoms with Crippen molar-refractivity contribution in [2.75, 3.05) is 33.0 Å². The van der Waals surface area contributed by atoms with Crippen LogP contribution in [0.15, 0.2) is 42.5 Å². The monoisotopic (exact) mass is 357 g/mol. The van der Waals surface area contributed by atoms with E-state index in [2.05, 4.69) is 11.8 Å². The fraction of sp³-hybridized carbons (Fsp3) is 0.429. The van der Waals surface area contributed by atoms with Crippen molar-refractivity contribution in [3.05, 3.63) is 53.8 Å². The van der Waals surface area contributed by atoms with E-state index in [1.807, 2.05) is 30.3 Å². The Balaban J connectivity index is 1.47. The molecule has 2 aromatic rings. The van der Waals surface area contributed by atoms with Gasteiger partial charge in [-0.25, -0.2) is 4.39 Å². The predicted molar refractivity (Wildman–Crippen MR) is 97.4 cm³/mol. The van der Waals surface area contributed by atoms with Crippen LogP contribution >= 0.6 is 0 Å². The first-order valence-electron chi connectivity index (χ1n) is 9.23. The molecule has 0 saturated carbocycles. The molecule has 0 radical (unpaired) electrons. The molecule has 5 heteroatoms. The van der Waals surface area contributed by atoms with Gasteiger partial charge in [0.05, 0.1) is 6.61 Å². The van der Waals surface area contributed by atoms with Gasteiger partial charge in [0.1, 0.15) is 11.6 Å². The van der Waals surface area contributed by atoms with Crippen LogP contribution in [0.4, 0.5) is 4.39 Å². The number of ether oxygens (including phenoxy) is 3. The van der Waals surface area contributed by atoms with Gasteiger partial charge in [-0.3, -0.25) is 0 Å². The fourth-order valence-electron chi connectivity index (χ4n) is 3.88. The van der Waals surface area contributed by atoms with Crippen molar-refractivity contribution in [3.8, 4) is 17.2 Å². The molecule has 0 bridgehead atoms. The molecular formula is C21H24FNO3. The highest BCUT2D eigenvalue weighted by molar-refractivity contribution is 5.46. The molecule has 0 N–H and O–H groups in total. The fourth-order valence-corrected chi connectivity index (χ4v) is 3.88. The van der Waals surface area contributed by atoms with Crippen LogP contribution in [0.25, 0.3) is 0 Å². The number of hydrogen-bond donors (Lipinski definition) is 0. The van der Waals surface area contributed by atoms with Crippen LogP contribution in [0, 0.1) is 11.7 Å². The number of rotatable bonds is 5. The molecular weight excluding hydrogens is 333 g/mol. The second kappa shape index (κ2) is 7.54. The second-order valence-corrected chi connectivity index (χ2v) is 6.93. The zero-order valence-electron chi connectivity index (χ0n) is 15.0. The molecule has 0 unspecified atom stereocenters. The molecule has 4 nitrogen and oxygen atoms in total. The standard InChI is InChI=1S/C21H24FNO3/c1-2-23-10-9-19(15-3-5-17(22)6-4-15)16(12-23)13-24-18-7-8-20-21(11-18)26-14-25-20/h3-8,11,16,19H,2,9-10,12-14H2,1H3/t16-,19-/m0/s1. The summed E-state index contributed by atoms with van der Waals surface area (Å²) in [6, 6.07) is 12.6. The van der Waals surface area contributed by atoms with E-state index in [0.717, 1.165) is 43.3 Å². The quantitative estimate of drug-likeness (QED) is 0.807. The molecule has 2 aliphatic rings. The number of benzene rings is 2. The molecule has 2 heterocycles. The highest BCUT2D eigenvalue weighted by atomic mass is 19.1. The van der Waals surface area contributed by atoms with Crippen molar-refractivity contribution in [1.29, 1.82) is 0 Å². The minimum atomic E-state index is -0.187. The lowest BCUT2D eigenvalue weighted by atomic mass is 9.81. The summed E-state index contributed by atoms with van der Waals surface area (Å²) in [7, 11) is 0. The van der Waals surface area contributed by atoms with E-state index in [1.165, 1.54) is 5.56 Å². The number of nitrogens with zero attached hydrogens (tertiary/aromatic N) is 1. The predicted octanol–water partition coefficient (Wildman–Crippen LogP) is 4.06. The second-order valence-electron chi connectivity index (χ2n) is 6.93. The maximum absolute atomic E-state index is 13.3. The van der Waals surface area contributed by atoms with Crippen molar-refractivity contribution in [2.24, 2.45) is 5.92 Å². The molecule has 138 valence electrons. The lowest BCUT2D eigenvalue weighted by Crippen LogP contribution is -2.41. The van der Waals surface area contributed by atoms with Gasteiger partial charge in [-0.1, -0.05) is 19.1 Å². The van der Waals surface area contributed by atoms with Crippen LogP contribution in [-0.4, -0.2) is 37.9 Å². The maximum atomic E-state index is 13.3. The van der Waals surface area contributed by atoms with Gasteiger partial charge in [-0.15, -0.1) is 0 Å².